The molecule has 3 aromatic heterocycles. The number of carbonyl (C=O) groups is 2. The molecule has 1 aliphatic heterocycles. The van der Waals surface area contributed by atoms with E-state index >= 15 is 0 Å². The van der Waals surface area contributed by atoms with E-state index in [-0.39, 0.29) is 5.91 Å². The zero-order valence-corrected chi connectivity index (χ0v) is 18.6. The largest absolute Gasteiger partial charge is 0.490 e. The summed E-state index contributed by atoms with van der Waals surface area (Å²) in [4.78, 5) is 22.8. The third-order valence-corrected chi connectivity index (χ3v) is 6.01. The molecule has 1 saturated heterocycles. The third-order valence-electron chi connectivity index (χ3n) is 4.80. The van der Waals surface area contributed by atoms with Crippen molar-refractivity contribution in [3.63, 3.8) is 0 Å². The Morgan fingerprint density at radius 1 is 1.27 bits per heavy atom. The minimum absolute atomic E-state index is 0.168. The molecule has 4 N–H and O–H groups in total. The number of halogens is 4. The number of amides is 1. The van der Waals surface area contributed by atoms with Crippen LogP contribution in [0.15, 0.2) is 30.6 Å². The second-order valence-electron chi connectivity index (χ2n) is 7.06. The number of hydrogen-bond donors (Lipinski definition) is 4. The molecule has 0 atom stereocenters. The van der Waals surface area contributed by atoms with E-state index in [2.05, 4.69) is 25.9 Å². The minimum atomic E-state index is -5.08. The van der Waals surface area contributed by atoms with Crippen LogP contribution >= 0.6 is 22.9 Å². The van der Waals surface area contributed by atoms with Crippen LogP contribution < -0.4 is 10.6 Å². The van der Waals surface area contributed by atoms with E-state index in [1.165, 1.54) is 11.3 Å². The van der Waals surface area contributed by atoms with E-state index < -0.39 is 12.1 Å². The van der Waals surface area contributed by atoms with Gasteiger partial charge >= 0.3 is 12.1 Å². The standard InChI is InChI=1S/C17H19ClN6OS.C2HF3O2/c18-14-2-1-12(26-14)10-24-15(5-8-21-24)22-17(25)13-9-20-23-16(13)11-3-6-19-7-4-11;3-2(4,5)1(6)7/h1-2,5,8-9,11,19H,3-4,6-7,10H2,(H,20,23)(H,22,25);(H,6,7). The SMILES string of the molecule is O=C(Nc1ccnn1Cc1ccc(Cl)s1)c1cn[nH]c1C1CCNCC1.O=C(O)C(F)(F)F. The summed E-state index contributed by atoms with van der Waals surface area (Å²) >= 11 is 7.49. The average Bonchev–Trinajstić information content (AvgIpc) is 3.51. The van der Waals surface area contributed by atoms with Crippen LogP contribution in [0.1, 0.15) is 39.7 Å². The third kappa shape index (κ3) is 6.79. The normalized spacial score (nSPS) is 14.4. The van der Waals surface area contributed by atoms with Gasteiger partial charge in [0, 0.05) is 16.9 Å². The number of aliphatic carboxylic acids is 1. The predicted molar refractivity (Wildman–Crippen MR) is 116 cm³/mol. The van der Waals surface area contributed by atoms with Gasteiger partial charge in [0.15, 0.2) is 0 Å². The Labute approximate surface area is 194 Å². The average molecular weight is 505 g/mol. The molecule has 0 radical (unpaired) electrons. The van der Waals surface area contributed by atoms with Crippen LogP contribution in [-0.2, 0) is 11.3 Å². The Hall–Kier alpha value is -2.90. The molecule has 4 rings (SSSR count). The number of aromatic amines is 1. The van der Waals surface area contributed by atoms with Crippen molar-refractivity contribution in [1.29, 1.82) is 0 Å². The molecule has 4 heterocycles. The smallest absolute Gasteiger partial charge is 0.475 e. The lowest BCUT2D eigenvalue weighted by molar-refractivity contribution is -0.192. The van der Waals surface area contributed by atoms with Crippen LogP contribution in [0.2, 0.25) is 4.34 Å². The van der Waals surface area contributed by atoms with Gasteiger partial charge in [-0.3, -0.25) is 9.89 Å². The molecule has 14 heteroatoms. The van der Waals surface area contributed by atoms with Crippen molar-refractivity contribution < 1.29 is 27.9 Å². The molecule has 0 saturated carbocycles. The van der Waals surface area contributed by atoms with Gasteiger partial charge in [-0.2, -0.15) is 23.4 Å². The van der Waals surface area contributed by atoms with E-state index in [0.29, 0.717) is 23.8 Å². The topological polar surface area (TPSA) is 125 Å². The fourth-order valence-corrected chi connectivity index (χ4v) is 4.30. The number of anilines is 1. The zero-order chi connectivity index (χ0) is 24.0. The number of hydrogen-bond acceptors (Lipinski definition) is 6. The molecule has 3 aromatic rings. The Morgan fingerprint density at radius 2 is 1.97 bits per heavy atom. The fraction of sp³-hybridized carbons (Fsp3) is 0.368. The maximum Gasteiger partial charge on any atom is 0.490 e. The highest BCUT2D eigenvalue weighted by Gasteiger charge is 2.38. The lowest BCUT2D eigenvalue weighted by Gasteiger charge is -2.22. The lowest BCUT2D eigenvalue weighted by Crippen LogP contribution is -2.28. The van der Waals surface area contributed by atoms with Gasteiger partial charge in [-0.25, -0.2) is 9.48 Å². The first-order valence-corrected chi connectivity index (χ1v) is 11.0. The summed E-state index contributed by atoms with van der Waals surface area (Å²) < 4.78 is 34.2. The summed E-state index contributed by atoms with van der Waals surface area (Å²) in [6, 6.07) is 5.61. The number of H-pyrrole nitrogens is 1. The van der Waals surface area contributed by atoms with Crippen molar-refractivity contribution in [3.8, 4) is 0 Å². The van der Waals surface area contributed by atoms with Gasteiger partial charge in [0.25, 0.3) is 5.91 Å². The first kappa shape index (κ1) is 24.7. The van der Waals surface area contributed by atoms with Crippen LogP contribution in [0.4, 0.5) is 19.0 Å². The van der Waals surface area contributed by atoms with E-state index in [9.17, 15) is 18.0 Å². The van der Waals surface area contributed by atoms with Crippen LogP contribution in [0, 0.1) is 0 Å². The molecule has 9 nitrogen and oxygen atoms in total. The van der Waals surface area contributed by atoms with Crippen LogP contribution in [-0.4, -0.2) is 56.2 Å². The maximum atomic E-state index is 12.8. The number of piperidine rings is 1. The van der Waals surface area contributed by atoms with Gasteiger partial charge in [-0.1, -0.05) is 11.6 Å². The van der Waals surface area contributed by atoms with Gasteiger partial charge < -0.3 is 15.7 Å². The Bertz CT molecular complexity index is 1090. The Morgan fingerprint density at radius 3 is 2.58 bits per heavy atom. The highest BCUT2D eigenvalue weighted by atomic mass is 35.5. The molecule has 1 aliphatic rings. The lowest BCUT2D eigenvalue weighted by atomic mass is 9.92. The van der Waals surface area contributed by atoms with Crippen molar-refractivity contribution in [3.05, 3.63) is 51.1 Å². The van der Waals surface area contributed by atoms with E-state index in [1.54, 1.807) is 23.1 Å². The molecule has 1 amide bonds. The molecule has 0 aliphatic carbocycles. The summed E-state index contributed by atoms with van der Waals surface area (Å²) in [6.07, 6.45) is 0.194. The molecule has 0 spiro atoms. The zero-order valence-electron chi connectivity index (χ0n) is 17.0. The summed E-state index contributed by atoms with van der Waals surface area (Å²) in [6.45, 7) is 2.48. The van der Waals surface area contributed by atoms with Crippen LogP contribution in [0.25, 0.3) is 0 Å². The number of carboxylic acids is 1. The number of aromatic nitrogens is 4. The molecular weight excluding hydrogens is 485 g/mol. The number of nitrogens with one attached hydrogen (secondary N) is 3. The van der Waals surface area contributed by atoms with Crippen molar-refractivity contribution in [2.75, 3.05) is 18.4 Å². The first-order chi connectivity index (χ1) is 15.6. The van der Waals surface area contributed by atoms with Gasteiger partial charge in [0.05, 0.1) is 34.5 Å². The number of alkyl halides is 3. The highest BCUT2D eigenvalue weighted by Crippen LogP contribution is 2.27. The van der Waals surface area contributed by atoms with Gasteiger partial charge in [0.2, 0.25) is 0 Å². The molecule has 0 unspecified atom stereocenters. The first-order valence-electron chi connectivity index (χ1n) is 9.76. The number of carbonyl (C=O) groups excluding carboxylic acids is 1. The Kier molecular flexibility index (Phi) is 8.10. The van der Waals surface area contributed by atoms with E-state index in [0.717, 1.165) is 40.8 Å². The van der Waals surface area contributed by atoms with Gasteiger partial charge in [-0.15, -0.1) is 11.3 Å². The minimum Gasteiger partial charge on any atom is -0.475 e. The number of thiophene rings is 1. The molecule has 0 aromatic carbocycles. The molecule has 33 heavy (non-hydrogen) atoms. The van der Waals surface area contributed by atoms with Gasteiger partial charge in [0.1, 0.15) is 5.82 Å². The molecule has 178 valence electrons. The van der Waals surface area contributed by atoms with Crippen LogP contribution in [0.3, 0.4) is 0 Å². The number of carboxylic acid groups (broad SMARTS) is 1. The fourth-order valence-electron chi connectivity index (χ4n) is 3.23. The monoisotopic (exact) mass is 504 g/mol. The van der Waals surface area contributed by atoms with Crippen molar-refractivity contribution in [1.82, 2.24) is 25.3 Å². The second kappa shape index (κ2) is 10.8. The summed E-state index contributed by atoms with van der Waals surface area (Å²) in [5.74, 6) is -1.94. The Balaban J connectivity index is 0.000000383. The molecular formula is C19H20ClF3N6O3S. The van der Waals surface area contributed by atoms with E-state index in [1.807, 2.05) is 12.1 Å². The summed E-state index contributed by atoms with van der Waals surface area (Å²) in [5, 5.41) is 24.8. The van der Waals surface area contributed by atoms with Crippen molar-refractivity contribution >= 4 is 40.6 Å². The second-order valence-corrected chi connectivity index (χ2v) is 8.86. The summed E-state index contributed by atoms with van der Waals surface area (Å²) in [7, 11) is 0. The highest BCUT2D eigenvalue weighted by molar-refractivity contribution is 7.16. The quantitative estimate of drug-likeness (QED) is 0.419. The van der Waals surface area contributed by atoms with Crippen LogP contribution in [0.5, 0.6) is 0 Å². The molecule has 0 bridgehead atoms. The predicted octanol–water partition coefficient (Wildman–Crippen LogP) is 3.72. The number of nitrogens with zero attached hydrogens (tertiary/aromatic N) is 3. The van der Waals surface area contributed by atoms with Crippen molar-refractivity contribution in [2.45, 2.75) is 31.5 Å². The van der Waals surface area contributed by atoms with E-state index in [4.69, 9.17) is 21.5 Å². The summed E-state index contributed by atoms with van der Waals surface area (Å²) in [5.41, 5.74) is 1.52. The number of rotatable bonds is 5. The molecule has 1 fully saturated rings. The maximum absolute atomic E-state index is 12.8. The van der Waals surface area contributed by atoms with Gasteiger partial charge in [-0.05, 0) is 38.1 Å². The van der Waals surface area contributed by atoms with Crippen molar-refractivity contribution in [2.24, 2.45) is 0 Å².